The Hall–Kier alpha value is -1.27. The molecule has 0 aromatic heterocycles. The summed E-state index contributed by atoms with van der Waals surface area (Å²) in [5.41, 5.74) is 6.74. The van der Waals surface area contributed by atoms with E-state index in [1.165, 1.54) is 7.11 Å². The van der Waals surface area contributed by atoms with E-state index in [0.29, 0.717) is 11.5 Å². The molecule has 1 rings (SSSR count). The van der Waals surface area contributed by atoms with Gasteiger partial charge in [-0.05, 0) is 38.5 Å². The molecule has 0 aliphatic heterocycles. The molecule has 6 heteroatoms. The standard InChI is InChI=1S/C14H23NO4S/c1-10(2)20(16,17)8-7-19-13-6-5-12(11(3)15)9-14(13)18-4/h5-6,9-11H,7-8,15H2,1-4H3. The van der Waals surface area contributed by atoms with E-state index < -0.39 is 15.1 Å². The molecule has 0 saturated heterocycles. The van der Waals surface area contributed by atoms with Crippen molar-refractivity contribution in [3.05, 3.63) is 23.8 Å². The summed E-state index contributed by atoms with van der Waals surface area (Å²) in [5.74, 6) is 1.07. The minimum absolute atomic E-state index is 0.0110. The highest BCUT2D eigenvalue weighted by atomic mass is 32.2. The van der Waals surface area contributed by atoms with Gasteiger partial charge in [-0.15, -0.1) is 0 Å². The van der Waals surface area contributed by atoms with Gasteiger partial charge < -0.3 is 15.2 Å². The molecule has 114 valence electrons. The van der Waals surface area contributed by atoms with Gasteiger partial charge in [0.15, 0.2) is 21.3 Å². The summed E-state index contributed by atoms with van der Waals surface area (Å²) in [7, 11) is -1.56. The number of benzene rings is 1. The van der Waals surface area contributed by atoms with Crippen LogP contribution in [0.15, 0.2) is 18.2 Å². The molecule has 20 heavy (non-hydrogen) atoms. The summed E-state index contributed by atoms with van der Waals surface area (Å²) in [6, 6.07) is 5.30. The second-order valence-corrected chi connectivity index (χ2v) is 7.64. The summed E-state index contributed by atoms with van der Waals surface area (Å²) >= 11 is 0. The highest BCUT2D eigenvalue weighted by Gasteiger charge is 2.16. The van der Waals surface area contributed by atoms with Crippen molar-refractivity contribution >= 4 is 9.84 Å². The lowest BCUT2D eigenvalue weighted by Gasteiger charge is -2.14. The van der Waals surface area contributed by atoms with Crippen molar-refractivity contribution in [2.45, 2.75) is 32.1 Å². The summed E-state index contributed by atoms with van der Waals surface area (Å²) in [4.78, 5) is 0. The highest BCUT2D eigenvalue weighted by molar-refractivity contribution is 7.91. The normalized spacial score (nSPS) is 13.3. The fourth-order valence-electron chi connectivity index (χ4n) is 1.59. The van der Waals surface area contributed by atoms with Gasteiger partial charge in [-0.25, -0.2) is 8.42 Å². The SMILES string of the molecule is COc1cc(C(C)N)ccc1OCCS(=O)(=O)C(C)C. The van der Waals surface area contributed by atoms with Crippen LogP contribution in [0.4, 0.5) is 0 Å². The average molecular weight is 301 g/mol. The molecule has 0 fully saturated rings. The largest absolute Gasteiger partial charge is 0.493 e. The van der Waals surface area contributed by atoms with E-state index in [-0.39, 0.29) is 18.4 Å². The summed E-state index contributed by atoms with van der Waals surface area (Å²) in [6.07, 6.45) is 0. The van der Waals surface area contributed by atoms with Crippen LogP contribution in [0.3, 0.4) is 0 Å². The molecule has 0 spiro atoms. The van der Waals surface area contributed by atoms with E-state index >= 15 is 0 Å². The lowest BCUT2D eigenvalue weighted by molar-refractivity contribution is 0.311. The molecular weight excluding hydrogens is 278 g/mol. The maximum atomic E-state index is 11.7. The first kappa shape index (κ1) is 16.8. The van der Waals surface area contributed by atoms with Crippen molar-refractivity contribution in [2.75, 3.05) is 19.5 Å². The molecule has 0 heterocycles. The van der Waals surface area contributed by atoms with Crippen molar-refractivity contribution in [1.82, 2.24) is 0 Å². The first-order chi connectivity index (χ1) is 9.27. The molecular formula is C14H23NO4S. The molecule has 0 aliphatic rings. The summed E-state index contributed by atoms with van der Waals surface area (Å²) in [5, 5.41) is -0.395. The smallest absolute Gasteiger partial charge is 0.161 e. The van der Waals surface area contributed by atoms with Crippen molar-refractivity contribution in [3.63, 3.8) is 0 Å². The molecule has 2 N–H and O–H groups in total. The van der Waals surface area contributed by atoms with Gasteiger partial charge in [0, 0.05) is 6.04 Å². The van der Waals surface area contributed by atoms with Crippen molar-refractivity contribution in [2.24, 2.45) is 5.73 Å². The number of rotatable bonds is 7. The molecule has 0 bridgehead atoms. The van der Waals surface area contributed by atoms with E-state index in [1.54, 1.807) is 26.0 Å². The predicted octanol–water partition coefficient (Wildman–Crippen LogP) is 1.92. The van der Waals surface area contributed by atoms with E-state index in [4.69, 9.17) is 15.2 Å². The van der Waals surface area contributed by atoms with E-state index in [1.807, 2.05) is 13.0 Å². The van der Waals surface area contributed by atoms with Crippen LogP contribution in [0.1, 0.15) is 32.4 Å². The fourth-order valence-corrected chi connectivity index (χ4v) is 2.38. The molecule has 1 aromatic rings. The number of ether oxygens (including phenoxy) is 2. The Morgan fingerprint density at radius 2 is 1.85 bits per heavy atom. The zero-order valence-electron chi connectivity index (χ0n) is 12.4. The maximum Gasteiger partial charge on any atom is 0.161 e. The first-order valence-electron chi connectivity index (χ1n) is 6.55. The molecule has 0 amide bonds. The van der Waals surface area contributed by atoms with Crippen molar-refractivity contribution in [1.29, 1.82) is 0 Å². The molecule has 0 aliphatic carbocycles. The zero-order chi connectivity index (χ0) is 15.3. The summed E-state index contributed by atoms with van der Waals surface area (Å²) in [6.45, 7) is 5.31. The number of hydrogen-bond donors (Lipinski definition) is 1. The van der Waals surface area contributed by atoms with Crippen LogP contribution in [0, 0.1) is 0 Å². The Labute approximate surface area is 121 Å². The Morgan fingerprint density at radius 3 is 2.35 bits per heavy atom. The van der Waals surface area contributed by atoms with Gasteiger partial charge in [-0.1, -0.05) is 6.07 Å². The number of hydrogen-bond acceptors (Lipinski definition) is 5. The Balaban J connectivity index is 2.74. The van der Waals surface area contributed by atoms with Gasteiger partial charge in [0.25, 0.3) is 0 Å². The van der Waals surface area contributed by atoms with Crippen LogP contribution in [0.5, 0.6) is 11.5 Å². The quantitative estimate of drug-likeness (QED) is 0.832. The van der Waals surface area contributed by atoms with Gasteiger partial charge in [0.05, 0.1) is 18.1 Å². The van der Waals surface area contributed by atoms with E-state index in [0.717, 1.165) is 5.56 Å². The molecule has 0 radical (unpaired) electrons. The van der Waals surface area contributed by atoms with Crippen LogP contribution < -0.4 is 15.2 Å². The Morgan fingerprint density at radius 1 is 1.20 bits per heavy atom. The maximum absolute atomic E-state index is 11.7. The monoisotopic (exact) mass is 301 g/mol. The molecule has 1 atom stereocenters. The van der Waals surface area contributed by atoms with E-state index in [2.05, 4.69) is 0 Å². The Bertz CT molecular complexity index is 538. The molecule has 5 nitrogen and oxygen atoms in total. The minimum Gasteiger partial charge on any atom is -0.493 e. The third-order valence-electron chi connectivity index (χ3n) is 3.06. The van der Waals surface area contributed by atoms with Gasteiger partial charge in [0.2, 0.25) is 0 Å². The number of sulfone groups is 1. The molecule has 1 aromatic carbocycles. The van der Waals surface area contributed by atoms with Gasteiger partial charge in [-0.2, -0.15) is 0 Å². The minimum atomic E-state index is -3.10. The molecule has 1 unspecified atom stereocenters. The predicted molar refractivity (Wildman–Crippen MR) is 80.0 cm³/mol. The first-order valence-corrected chi connectivity index (χ1v) is 8.27. The van der Waals surface area contributed by atoms with Crippen LogP contribution in [0.25, 0.3) is 0 Å². The van der Waals surface area contributed by atoms with Crippen molar-refractivity contribution < 1.29 is 17.9 Å². The lowest BCUT2D eigenvalue weighted by atomic mass is 10.1. The van der Waals surface area contributed by atoms with Crippen LogP contribution in [-0.4, -0.2) is 33.1 Å². The van der Waals surface area contributed by atoms with Gasteiger partial charge in [0.1, 0.15) is 6.61 Å². The van der Waals surface area contributed by atoms with Gasteiger partial charge in [-0.3, -0.25) is 0 Å². The topological polar surface area (TPSA) is 78.6 Å². The van der Waals surface area contributed by atoms with Gasteiger partial charge >= 0.3 is 0 Å². The van der Waals surface area contributed by atoms with Crippen LogP contribution in [-0.2, 0) is 9.84 Å². The number of methoxy groups -OCH3 is 1. The average Bonchev–Trinajstić information content (AvgIpc) is 2.38. The third-order valence-corrected chi connectivity index (χ3v) is 5.23. The second-order valence-electron chi connectivity index (χ2n) is 4.96. The van der Waals surface area contributed by atoms with E-state index in [9.17, 15) is 8.42 Å². The fraction of sp³-hybridized carbons (Fsp3) is 0.571. The molecule has 0 saturated carbocycles. The van der Waals surface area contributed by atoms with Crippen molar-refractivity contribution in [3.8, 4) is 11.5 Å². The number of nitrogens with two attached hydrogens (primary N) is 1. The Kier molecular flexibility index (Phi) is 5.83. The summed E-state index contributed by atoms with van der Waals surface area (Å²) < 4.78 is 34.1. The van der Waals surface area contributed by atoms with Crippen LogP contribution in [0.2, 0.25) is 0 Å². The third kappa shape index (κ3) is 4.38. The van der Waals surface area contributed by atoms with Crippen LogP contribution >= 0.6 is 0 Å². The highest BCUT2D eigenvalue weighted by Crippen LogP contribution is 2.29. The lowest BCUT2D eigenvalue weighted by Crippen LogP contribution is -2.22. The second kappa shape index (κ2) is 6.95. The zero-order valence-corrected chi connectivity index (χ0v) is 13.2.